The third-order valence-electron chi connectivity index (χ3n) is 19.1. The molecule has 10 N–H and O–H groups in total. The molecule has 101 heavy (non-hydrogen) atoms. The maximum absolute atomic E-state index is 15.2. The molecule has 4 aliphatic rings. The molecular weight excluding hydrogens is 1340 g/mol. The summed E-state index contributed by atoms with van der Waals surface area (Å²) in [4.78, 5) is 160. The van der Waals surface area contributed by atoms with Gasteiger partial charge in [-0.2, -0.15) is 8.78 Å². The molecule has 0 spiro atoms. The number of aromatic nitrogens is 2. The van der Waals surface area contributed by atoms with Gasteiger partial charge in [0.05, 0.1) is 34.3 Å². The Kier molecular flexibility index (Phi) is 22.4. The van der Waals surface area contributed by atoms with Gasteiger partial charge in [-0.15, -0.1) is 11.3 Å². The number of benzene rings is 5. The maximum Gasteiger partial charge on any atom is 0.399 e. The number of β-amino-alcohol motifs (C(OH)–C–C–N with tert-alkyl or cyclic N) is 1. The number of aliphatic hydroxyl groups is 1. The van der Waals surface area contributed by atoms with Crippen LogP contribution in [0.1, 0.15) is 144 Å². The minimum absolute atomic E-state index is 0.0255. The van der Waals surface area contributed by atoms with Crippen LogP contribution in [0.25, 0.3) is 21.3 Å². The first-order valence-electron chi connectivity index (χ1n) is 33.5. The first-order chi connectivity index (χ1) is 48.3. The Morgan fingerprint density at radius 3 is 2.13 bits per heavy atom. The number of primary amides is 1. The molecule has 9 amide bonds. The van der Waals surface area contributed by atoms with Gasteiger partial charge in [0, 0.05) is 85.5 Å². The first kappa shape index (κ1) is 72.3. The van der Waals surface area contributed by atoms with Crippen molar-refractivity contribution in [1.29, 1.82) is 0 Å². The predicted molar refractivity (Wildman–Crippen MR) is 370 cm³/mol. The minimum Gasteiger partial charge on any atom is -0.391 e. The molecule has 0 aliphatic carbocycles. The topological polar surface area (TPSA) is 347 Å². The Hall–Kier alpha value is -9.97. The second-order valence-corrected chi connectivity index (χ2v) is 28.5. The predicted octanol–water partition coefficient (Wildman–Crippen LogP) is 6.84. The fourth-order valence-electron chi connectivity index (χ4n) is 13.7. The molecule has 4 fully saturated rings. The summed E-state index contributed by atoms with van der Waals surface area (Å²) in [5.74, 6) is 0.560. The summed E-state index contributed by atoms with van der Waals surface area (Å²) in [6.45, 7) is 3.66. The fraction of sp³-hybridized carbons (Fsp3) is 0.370. The lowest BCUT2D eigenvalue weighted by molar-refractivity contribution is -0.145. The highest BCUT2D eigenvalue weighted by Crippen LogP contribution is 2.59. The molecule has 2 unspecified atom stereocenters. The normalized spacial score (nSPS) is 20.0. The quantitative estimate of drug-likeness (QED) is 0.0263. The molecule has 7 aromatic rings. The van der Waals surface area contributed by atoms with Crippen LogP contribution in [0, 0.1) is 18.8 Å². The molecule has 24 nitrogen and oxygen atoms in total. The van der Waals surface area contributed by atoms with Gasteiger partial charge in [-0.1, -0.05) is 103 Å². The Bertz CT molecular complexity index is 4330. The van der Waals surface area contributed by atoms with Crippen LogP contribution < -0.4 is 27.0 Å². The molecule has 28 heteroatoms. The number of hydrogen-bond donors (Lipinski definition) is 9. The van der Waals surface area contributed by atoms with Crippen LogP contribution in [0.5, 0.6) is 0 Å². The number of nitrogens with one attached hydrogen (secondary N) is 5. The summed E-state index contributed by atoms with van der Waals surface area (Å²) in [6.07, 6.45) is 0.741. The van der Waals surface area contributed by atoms with Crippen LogP contribution in [-0.4, -0.2) is 166 Å². The number of hydrogen-bond acceptors (Lipinski definition) is 13. The van der Waals surface area contributed by atoms with E-state index >= 15 is 4.79 Å². The van der Waals surface area contributed by atoms with Crippen LogP contribution in [0.2, 0.25) is 0 Å². The summed E-state index contributed by atoms with van der Waals surface area (Å²) < 4.78 is 41.4. The fourth-order valence-corrected chi connectivity index (χ4v) is 15.0. The van der Waals surface area contributed by atoms with Crippen molar-refractivity contribution < 1.29 is 71.4 Å². The maximum atomic E-state index is 15.2. The van der Waals surface area contributed by atoms with Crippen LogP contribution in [0.3, 0.4) is 0 Å². The molecule has 0 radical (unpaired) electrons. The number of nitrogens with two attached hydrogens (primary N) is 1. The zero-order valence-corrected chi connectivity index (χ0v) is 57.1. The summed E-state index contributed by atoms with van der Waals surface area (Å²) in [5, 5.41) is 22.3. The van der Waals surface area contributed by atoms with Crippen molar-refractivity contribution in [3.8, 4) is 22.3 Å². The van der Waals surface area contributed by atoms with E-state index in [4.69, 9.17) is 5.73 Å². The second-order valence-electron chi connectivity index (χ2n) is 26.0. The lowest BCUT2D eigenvalue weighted by Crippen LogP contribution is -2.62. The van der Waals surface area contributed by atoms with Crippen molar-refractivity contribution in [3.05, 3.63) is 184 Å². The lowest BCUT2D eigenvalue weighted by Gasteiger charge is -2.39. The summed E-state index contributed by atoms with van der Waals surface area (Å²) in [5.41, 5.74) is 6.70. The van der Waals surface area contributed by atoms with Gasteiger partial charge in [-0.3, -0.25) is 47.7 Å². The number of fused-ring (bicyclic) bond motifs is 2. The van der Waals surface area contributed by atoms with E-state index in [1.165, 1.54) is 19.6 Å². The SMILES string of the molecule is Cc1ncsc1-c1ccc([C@H](C)NC(=O)[C@@H]2C[C@@H](O)CN2C(=O)C2CCCCN2C(=O)c2ccc(C#CCCC(=O)N3CC[C@H]4CC[C@@H](C(=O)NC(CCC(N)=O)C(=O)NC(c5ccccc5)c5ccccc5)N4C(=O)[C@@H](NC(=O)c4cc5cc(C(F)(F)P(=O)(O)O)ccc5[nH]4)C3)cc2)cc1. The van der Waals surface area contributed by atoms with Gasteiger partial charge in [0.25, 0.3) is 11.8 Å². The Morgan fingerprint density at radius 2 is 1.47 bits per heavy atom. The zero-order chi connectivity index (χ0) is 71.9. The molecular formula is C73H78F2N11O13PS. The van der Waals surface area contributed by atoms with Crippen LogP contribution >= 0.6 is 18.9 Å². The van der Waals surface area contributed by atoms with Crippen LogP contribution in [-0.2, 0) is 43.8 Å². The van der Waals surface area contributed by atoms with Crippen molar-refractivity contribution in [3.63, 3.8) is 0 Å². The number of H-pyrrole nitrogens is 1. The molecule has 11 rings (SSSR count). The molecule has 528 valence electrons. The smallest absolute Gasteiger partial charge is 0.391 e. The van der Waals surface area contributed by atoms with Gasteiger partial charge in [-0.25, -0.2) is 4.98 Å². The Morgan fingerprint density at radius 1 is 0.772 bits per heavy atom. The number of halogens is 2. The van der Waals surface area contributed by atoms with Crippen molar-refractivity contribution >= 4 is 83.0 Å². The van der Waals surface area contributed by atoms with Gasteiger partial charge < -0.3 is 66.5 Å². The molecule has 4 saturated heterocycles. The van der Waals surface area contributed by atoms with Crippen molar-refractivity contribution in [2.75, 3.05) is 26.2 Å². The molecule has 0 saturated carbocycles. The first-order valence-corrected chi connectivity index (χ1v) is 36.0. The van der Waals surface area contributed by atoms with Gasteiger partial charge in [0.2, 0.25) is 41.4 Å². The van der Waals surface area contributed by atoms with E-state index in [1.807, 2.05) is 98.8 Å². The summed E-state index contributed by atoms with van der Waals surface area (Å²) in [7, 11) is -5.97. The number of rotatable bonds is 21. The monoisotopic (exact) mass is 1420 g/mol. The number of aryl methyl sites for hydroxylation is 1. The standard InChI is InChI=1S/C73H78F2N11O13PS/c1-43(46-24-26-49(27-25-46)65-44(2)77-42-101-65)78-69(93)61-39-54(87)40-85(61)72(96)60-18-11-12-35-84(60)70(94)50-22-20-45(21-23-50)13-9-10-19-63(89)83-36-34-53-29-32-59(68(92)80-56(31-33-62(76)88)66(90)82-64(47-14-5-3-6-15-47)48-16-7-4-8-17-48)86(53)71(95)58(41-83)81-67(91)57-38-51-37-52(28-30-55(51)79-57)73(74,75)100(97,98)99/h3-8,14-17,20-28,30,37-38,42-43,53-54,56,58-61,64,79,87H,10-12,18-19,29,31-36,39-41H2,1-2H3,(H2,76,88)(H,78,93)(H,80,92)(H,81,91)(H,82,90)(H2,97,98,99)/t43-,53+,54+,56?,58-,59-,60?,61-/m0/s1. The van der Waals surface area contributed by atoms with E-state index in [-0.39, 0.29) is 86.6 Å². The summed E-state index contributed by atoms with van der Waals surface area (Å²) >= 11 is 1.54. The van der Waals surface area contributed by atoms with E-state index < -0.39 is 133 Å². The van der Waals surface area contributed by atoms with E-state index in [0.29, 0.717) is 31.4 Å². The van der Waals surface area contributed by atoms with E-state index in [2.05, 4.69) is 43.1 Å². The van der Waals surface area contributed by atoms with Gasteiger partial charge >= 0.3 is 13.3 Å². The largest absolute Gasteiger partial charge is 0.399 e. The van der Waals surface area contributed by atoms with E-state index in [0.717, 1.165) is 57.1 Å². The molecule has 6 heterocycles. The van der Waals surface area contributed by atoms with Gasteiger partial charge in [-0.05, 0) is 124 Å². The van der Waals surface area contributed by atoms with Gasteiger partial charge in [0.1, 0.15) is 35.9 Å². The van der Waals surface area contributed by atoms with Crippen LogP contribution in [0.15, 0.2) is 139 Å². The number of amides is 9. The highest BCUT2D eigenvalue weighted by Gasteiger charge is 2.51. The lowest BCUT2D eigenvalue weighted by atomic mass is 9.98. The number of nitrogens with zero attached hydrogens (tertiary/aromatic N) is 5. The minimum atomic E-state index is -5.97. The summed E-state index contributed by atoms with van der Waals surface area (Å²) in [6, 6.07) is 28.7. The molecule has 4 aliphatic heterocycles. The molecule has 8 atom stereocenters. The number of aliphatic hydroxyl groups excluding tert-OH is 1. The number of aromatic amines is 1. The number of alkyl halides is 2. The van der Waals surface area contributed by atoms with Crippen molar-refractivity contribution in [2.24, 2.45) is 5.73 Å². The number of thiazole rings is 1. The van der Waals surface area contributed by atoms with E-state index in [1.54, 1.807) is 41.1 Å². The van der Waals surface area contributed by atoms with Gasteiger partial charge in [0.15, 0.2) is 0 Å². The highest BCUT2D eigenvalue weighted by molar-refractivity contribution is 7.52. The average Bonchev–Trinajstić information content (AvgIpc) is 1.74. The third-order valence-corrected chi connectivity index (χ3v) is 21.1. The number of carbonyl (C=O) groups is 9. The van der Waals surface area contributed by atoms with Crippen molar-refractivity contribution in [2.45, 2.75) is 145 Å². The van der Waals surface area contributed by atoms with Crippen molar-refractivity contribution in [1.82, 2.24) is 50.8 Å². The Balaban J connectivity index is 0.755. The molecule has 2 aromatic heterocycles. The highest BCUT2D eigenvalue weighted by atomic mass is 32.1. The number of carbonyl (C=O) groups excluding carboxylic acids is 9. The Labute approximate surface area is 585 Å². The molecule has 5 aromatic carbocycles. The zero-order valence-electron chi connectivity index (χ0n) is 55.4. The second kappa shape index (κ2) is 31.3. The number of piperidine rings is 1. The number of likely N-dealkylation sites (tertiary alicyclic amines) is 2. The van der Waals surface area contributed by atoms with E-state index in [9.17, 15) is 66.6 Å². The average molecular weight is 1420 g/mol. The van der Waals surface area contributed by atoms with Crippen LogP contribution in [0.4, 0.5) is 8.78 Å². The third kappa shape index (κ3) is 16.6. The molecule has 0 bridgehead atoms.